The van der Waals surface area contributed by atoms with Crippen LogP contribution in [0.4, 0.5) is 0 Å². The molecule has 1 N–H and O–H groups in total. The van der Waals surface area contributed by atoms with E-state index in [2.05, 4.69) is 4.89 Å². The molecule has 0 heterocycles. The van der Waals surface area contributed by atoms with Crippen LogP contribution in [0.3, 0.4) is 0 Å². The van der Waals surface area contributed by atoms with E-state index in [-0.39, 0.29) is 0 Å². The van der Waals surface area contributed by atoms with Crippen LogP contribution in [0.25, 0.3) is 0 Å². The Kier molecular flexibility index (Phi) is 4.89. The molecule has 0 spiro atoms. The Bertz CT molecular complexity index is 320. The Morgan fingerprint density at radius 3 is 1.81 bits per heavy atom. The number of rotatable bonds is 6. The van der Waals surface area contributed by atoms with Crippen LogP contribution in [0.2, 0.25) is 0 Å². The zero-order chi connectivity index (χ0) is 12.9. The number of carbonyl (C=O) groups is 4. The van der Waals surface area contributed by atoms with E-state index < -0.39 is 42.1 Å². The maximum Gasteiger partial charge on any atom is 0.351 e. The van der Waals surface area contributed by atoms with Gasteiger partial charge in [-0.15, -0.1) is 0 Å². The third-order valence-corrected chi connectivity index (χ3v) is 1.69. The zero-order valence-corrected chi connectivity index (χ0v) is 7.58. The number of aliphatic carboxylic acids is 3. The summed E-state index contributed by atoms with van der Waals surface area (Å²) in [5.74, 6) is -12.9. The lowest BCUT2D eigenvalue weighted by molar-refractivity contribution is -0.332. The van der Waals surface area contributed by atoms with Gasteiger partial charge in [0.1, 0.15) is 5.92 Å². The smallest absolute Gasteiger partial charge is 0.351 e. The first-order valence-electron chi connectivity index (χ1n) is 3.78. The highest BCUT2D eigenvalue weighted by atomic mass is 17.1. The van der Waals surface area contributed by atoms with Gasteiger partial charge in [0.05, 0.1) is 5.97 Å². The van der Waals surface area contributed by atoms with E-state index in [1.165, 1.54) is 0 Å². The van der Waals surface area contributed by atoms with Crippen molar-refractivity contribution < 1.29 is 44.6 Å². The number of carboxylic acid groups (broad SMARTS) is 3. The molecular formula is C7H5O9-3. The minimum absolute atomic E-state index is 1.30. The Morgan fingerprint density at radius 2 is 1.56 bits per heavy atom. The summed E-state index contributed by atoms with van der Waals surface area (Å²) in [6.45, 7) is 0. The molecule has 9 nitrogen and oxygen atoms in total. The number of carbonyl (C=O) groups excluding carboxylic acids is 4. The summed E-state index contributed by atoms with van der Waals surface area (Å²) in [6, 6.07) is 0. The molecule has 0 aliphatic carbocycles. The number of hydrogen-bond donors (Lipinski definition) is 1. The molecule has 9 heteroatoms. The van der Waals surface area contributed by atoms with Gasteiger partial charge in [-0.2, -0.15) is 5.26 Å². The molecule has 0 aromatic rings. The van der Waals surface area contributed by atoms with E-state index in [4.69, 9.17) is 5.26 Å². The molecule has 2 atom stereocenters. The first-order chi connectivity index (χ1) is 7.31. The molecule has 0 radical (unpaired) electrons. The maximum atomic E-state index is 10.7. The summed E-state index contributed by atoms with van der Waals surface area (Å²) in [6.07, 6.45) is -1.30. The zero-order valence-electron chi connectivity index (χ0n) is 7.58. The van der Waals surface area contributed by atoms with Crippen molar-refractivity contribution in [3.05, 3.63) is 0 Å². The van der Waals surface area contributed by atoms with Crippen LogP contribution in [0.1, 0.15) is 6.42 Å². The third kappa shape index (κ3) is 3.53. The Morgan fingerprint density at radius 1 is 1.06 bits per heavy atom. The summed E-state index contributed by atoms with van der Waals surface area (Å²) < 4.78 is 0. The molecule has 16 heavy (non-hydrogen) atoms. The Balaban J connectivity index is 5.10. The highest BCUT2D eigenvalue weighted by Gasteiger charge is 2.32. The van der Waals surface area contributed by atoms with Crippen molar-refractivity contribution in [2.24, 2.45) is 11.8 Å². The predicted octanol–water partition coefficient (Wildman–Crippen LogP) is -5.13. The van der Waals surface area contributed by atoms with Crippen molar-refractivity contribution in [2.75, 3.05) is 0 Å². The predicted molar refractivity (Wildman–Crippen MR) is 35.3 cm³/mol. The fourth-order valence-electron chi connectivity index (χ4n) is 0.998. The van der Waals surface area contributed by atoms with E-state index in [0.29, 0.717) is 0 Å². The largest absolute Gasteiger partial charge is 0.550 e. The fraction of sp³-hybridized carbons (Fsp3) is 0.429. The van der Waals surface area contributed by atoms with Crippen molar-refractivity contribution >= 4 is 23.9 Å². The van der Waals surface area contributed by atoms with Gasteiger partial charge in [-0.1, -0.05) is 0 Å². The molecular weight excluding hydrogens is 228 g/mol. The van der Waals surface area contributed by atoms with E-state index in [9.17, 15) is 34.5 Å². The Hall–Kier alpha value is -2.16. The molecule has 0 rings (SSSR count). The average molecular weight is 233 g/mol. The normalized spacial score (nSPS) is 13.6. The SMILES string of the molecule is O=C([O-])CC(C(=O)[O-])C(C(=O)[O-])C(=O)OO. The monoisotopic (exact) mass is 233 g/mol. The standard InChI is InChI=1S/C7H8O9/c8-3(9)1-2(5(10)11)4(6(12)13)7(14)16-15/h2,4,15H,1H2,(H,8,9)(H,10,11)(H,12,13)/p-3. The van der Waals surface area contributed by atoms with Gasteiger partial charge in [0.25, 0.3) is 0 Å². The lowest BCUT2D eigenvalue weighted by Gasteiger charge is -2.26. The lowest BCUT2D eigenvalue weighted by atomic mass is 9.89. The van der Waals surface area contributed by atoms with Gasteiger partial charge in [0.15, 0.2) is 0 Å². The van der Waals surface area contributed by atoms with Gasteiger partial charge in [-0.05, 0) is 6.42 Å². The number of hydrogen-bond acceptors (Lipinski definition) is 9. The summed E-state index contributed by atoms with van der Waals surface area (Å²) in [5.41, 5.74) is 0. The van der Waals surface area contributed by atoms with Gasteiger partial charge in [0, 0.05) is 17.9 Å². The minimum Gasteiger partial charge on any atom is -0.550 e. The second-order valence-corrected chi connectivity index (χ2v) is 2.71. The van der Waals surface area contributed by atoms with E-state index >= 15 is 0 Å². The molecule has 0 fully saturated rings. The molecule has 0 bridgehead atoms. The quantitative estimate of drug-likeness (QED) is 0.268. The van der Waals surface area contributed by atoms with Crippen LogP contribution in [0, 0.1) is 11.8 Å². The van der Waals surface area contributed by atoms with Gasteiger partial charge in [-0.25, -0.2) is 4.79 Å². The second-order valence-electron chi connectivity index (χ2n) is 2.71. The first kappa shape index (κ1) is 13.8. The Labute approximate surface area is 87.8 Å². The second kappa shape index (κ2) is 5.66. The van der Waals surface area contributed by atoms with Crippen LogP contribution in [0.5, 0.6) is 0 Å². The van der Waals surface area contributed by atoms with Gasteiger partial charge < -0.3 is 34.6 Å². The highest BCUT2D eigenvalue weighted by molar-refractivity contribution is 5.97. The van der Waals surface area contributed by atoms with E-state index in [1.54, 1.807) is 0 Å². The highest BCUT2D eigenvalue weighted by Crippen LogP contribution is 2.16. The van der Waals surface area contributed by atoms with Crippen LogP contribution in [0.15, 0.2) is 0 Å². The molecule has 90 valence electrons. The summed E-state index contributed by atoms with van der Waals surface area (Å²) in [4.78, 5) is 44.6. The molecule has 0 amide bonds. The summed E-state index contributed by atoms with van der Waals surface area (Å²) >= 11 is 0. The van der Waals surface area contributed by atoms with Crippen LogP contribution in [-0.2, 0) is 24.1 Å². The summed E-state index contributed by atoms with van der Waals surface area (Å²) in [7, 11) is 0. The van der Waals surface area contributed by atoms with E-state index in [1.807, 2.05) is 0 Å². The topological polar surface area (TPSA) is 167 Å². The van der Waals surface area contributed by atoms with Crippen molar-refractivity contribution in [3.63, 3.8) is 0 Å². The van der Waals surface area contributed by atoms with Gasteiger partial charge in [0.2, 0.25) is 0 Å². The lowest BCUT2D eigenvalue weighted by Crippen LogP contribution is -2.49. The fourth-order valence-corrected chi connectivity index (χ4v) is 0.998. The van der Waals surface area contributed by atoms with Crippen LogP contribution in [-0.4, -0.2) is 29.1 Å². The van der Waals surface area contributed by atoms with Gasteiger partial charge in [-0.3, -0.25) is 0 Å². The molecule has 0 aromatic heterocycles. The molecule has 0 saturated carbocycles. The van der Waals surface area contributed by atoms with Crippen molar-refractivity contribution in [3.8, 4) is 0 Å². The van der Waals surface area contributed by atoms with Crippen molar-refractivity contribution in [2.45, 2.75) is 6.42 Å². The van der Waals surface area contributed by atoms with Crippen LogP contribution < -0.4 is 15.3 Å². The van der Waals surface area contributed by atoms with Crippen molar-refractivity contribution in [1.29, 1.82) is 0 Å². The van der Waals surface area contributed by atoms with Crippen LogP contribution >= 0.6 is 0 Å². The maximum absolute atomic E-state index is 10.7. The molecule has 0 aliphatic rings. The van der Waals surface area contributed by atoms with Gasteiger partial charge >= 0.3 is 5.97 Å². The molecule has 2 unspecified atom stereocenters. The third-order valence-electron chi connectivity index (χ3n) is 1.69. The summed E-state index contributed by atoms with van der Waals surface area (Å²) in [5, 5.41) is 38.8. The molecule has 0 saturated heterocycles. The van der Waals surface area contributed by atoms with E-state index in [0.717, 1.165) is 0 Å². The minimum atomic E-state index is -2.49. The number of carboxylic acids is 3. The average Bonchev–Trinajstić information content (AvgIpc) is 2.14. The first-order valence-corrected chi connectivity index (χ1v) is 3.78. The molecule has 0 aromatic carbocycles. The van der Waals surface area contributed by atoms with Crippen molar-refractivity contribution in [1.82, 2.24) is 0 Å². The molecule has 0 aliphatic heterocycles.